The molecule has 0 bridgehead atoms. The van der Waals surface area contributed by atoms with E-state index in [0.717, 1.165) is 5.25 Å². The van der Waals surface area contributed by atoms with Gasteiger partial charge in [-0.2, -0.15) is 0 Å². The summed E-state index contributed by atoms with van der Waals surface area (Å²) in [5.74, 6) is 0. The van der Waals surface area contributed by atoms with E-state index in [2.05, 4.69) is 29.3 Å². The van der Waals surface area contributed by atoms with Crippen LogP contribution in [0.5, 0.6) is 0 Å². The summed E-state index contributed by atoms with van der Waals surface area (Å²) in [7, 11) is 0. The maximum Gasteiger partial charge on any atom is 0.0273 e. The fraction of sp³-hybridized carbons (Fsp3) is 0.833. The van der Waals surface area contributed by atoms with Gasteiger partial charge in [0.15, 0.2) is 0 Å². The van der Waals surface area contributed by atoms with E-state index in [1.807, 2.05) is 0 Å². The van der Waals surface area contributed by atoms with Crippen LogP contribution in [0.3, 0.4) is 0 Å². The summed E-state index contributed by atoms with van der Waals surface area (Å²) in [6.07, 6.45) is 10.9. The molecule has 1 aliphatic heterocycles. The Labute approximate surface area is 92.1 Å². The molecule has 0 radical (unpaired) electrons. The third-order valence-electron chi connectivity index (χ3n) is 3.25. The first-order valence-corrected chi connectivity index (χ1v) is 6.75. The smallest absolute Gasteiger partial charge is 0.0273 e. The van der Waals surface area contributed by atoms with E-state index in [1.165, 1.54) is 51.6 Å². The normalized spacial score (nSPS) is 26.2. The molecule has 1 heterocycles. The van der Waals surface area contributed by atoms with Gasteiger partial charge in [0.05, 0.1) is 0 Å². The molecule has 0 N–H and O–H groups in total. The second-order valence-electron chi connectivity index (χ2n) is 4.55. The van der Waals surface area contributed by atoms with E-state index < -0.39 is 0 Å². The average molecular weight is 211 g/mol. The van der Waals surface area contributed by atoms with E-state index >= 15 is 0 Å². The van der Waals surface area contributed by atoms with Crippen molar-refractivity contribution < 1.29 is 0 Å². The van der Waals surface area contributed by atoms with Gasteiger partial charge in [-0.3, -0.25) is 0 Å². The summed E-state index contributed by atoms with van der Waals surface area (Å²) in [5.41, 5.74) is 1.57. The molecule has 2 rings (SSSR count). The van der Waals surface area contributed by atoms with Crippen molar-refractivity contribution in [1.82, 2.24) is 4.31 Å². The van der Waals surface area contributed by atoms with E-state index in [4.69, 9.17) is 0 Å². The topological polar surface area (TPSA) is 3.24 Å². The van der Waals surface area contributed by atoms with Gasteiger partial charge in [0.25, 0.3) is 0 Å². The van der Waals surface area contributed by atoms with Crippen LogP contribution >= 0.6 is 11.9 Å². The predicted octanol–water partition coefficient (Wildman–Crippen LogP) is 3.62. The van der Waals surface area contributed by atoms with Crippen LogP contribution in [0.4, 0.5) is 0 Å². The van der Waals surface area contributed by atoms with Crippen LogP contribution in [-0.4, -0.2) is 22.6 Å². The quantitative estimate of drug-likeness (QED) is 0.507. The van der Waals surface area contributed by atoms with Gasteiger partial charge in [-0.25, -0.2) is 4.31 Å². The van der Waals surface area contributed by atoms with Crippen molar-refractivity contribution in [3.05, 3.63) is 11.6 Å². The highest BCUT2D eigenvalue weighted by Crippen LogP contribution is 2.31. The molecule has 0 aromatic carbocycles. The highest BCUT2D eigenvalue weighted by Gasteiger charge is 2.18. The predicted molar refractivity (Wildman–Crippen MR) is 64.4 cm³/mol. The highest BCUT2D eigenvalue weighted by molar-refractivity contribution is 7.97. The second kappa shape index (κ2) is 5.22. The minimum Gasteiger partial charge on any atom is -0.246 e. The van der Waals surface area contributed by atoms with Crippen LogP contribution in [-0.2, 0) is 0 Å². The molecule has 0 amide bonds. The second-order valence-corrected chi connectivity index (χ2v) is 5.95. The minimum absolute atomic E-state index is 0.926. The molecule has 1 aliphatic carbocycles. The fourth-order valence-corrected chi connectivity index (χ4v) is 3.55. The lowest BCUT2D eigenvalue weighted by Crippen LogP contribution is -2.25. The molecule has 0 unspecified atom stereocenters. The van der Waals surface area contributed by atoms with Gasteiger partial charge < -0.3 is 0 Å². The molecule has 2 heteroatoms. The van der Waals surface area contributed by atoms with Gasteiger partial charge in [0.2, 0.25) is 0 Å². The zero-order valence-corrected chi connectivity index (χ0v) is 9.98. The highest BCUT2D eigenvalue weighted by atomic mass is 32.2. The van der Waals surface area contributed by atoms with E-state index in [-0.39, 0.29) is 0 Å². The van der Waals surface area contributed by atoms with Gasteiger partial charge in [-0.1, -0.05) is 42.9 Å². The SMILES string of the molecule is CC1=CCN(SC2CCCCC2)CC1. The molecule has 0 saturated heterocycles. The molecule has 0 atom stereocenters. The molecular weight excluding hydrogens is 190 g/mol. The Bertz CT molecular complexity index is 206. The van der Waals surface area contributed by atoms with Gasteiger partial charge >= 0.3 is 0 Å². The van der Waals surface area contributed by atoms with Crippen molar-refractivity contribution >= 4 is 11.9 Å². The Morgan fingerprint density at radius 2 is 2.07 bits per heavy atom. The van der Waals surface area contributed by atoms with E-state index in [9.17, 15) is 0 Å². The summed E-state index contributed by atoms with van der Waals surface area (Å²) >= 11 is 2.13. The molecule has 1 fully saturated rings. The molecule has 14 heavy (non-hydrogen) atoms. The summed E-state index contributed by atoms with van der Waals surface area (Å²) in [6, 6.07) is 0. The van der Waals surface area contributed by atoms with Gasteiger partial charge in [0, 0.05) is 18.3 Å². The maximum absolute atomic E-state index is 2.56. The molecule has 0 aromatic heterocycles. The molecule has 1 saturated carbocycles. The molecule has 80 valence electrons. The fourth-order valence-electron chi connectivity index (χ4n) is 2.23. The van der Waals surface area contributed by atoms with Crippen molar-refractivity contribution in [3.8, 4) is 0 Å². The summed E-state index contributed by atoms with van der Waals surface area (Å²) in [6.45, 7) is 4.69. The summed E-state index contributed by atoms with van der Waals surface area (Å²) < 4.78 is 2.56. The number of rotatable bonds is 2. The monoisotopic (exact) mass is 211 g/mol. The summed E-state index contributed by atoms with van der Waals surface area (Å²) in [4.78, 5) is 0. The van der Waals surface area contributed by atoms with E-state index in [1.54, 1.807) is 5.57 Å². The first-order chi connectivity index (χ1) is 6.84. The molecule has 2 aliphatic rings. The largest absolute Gasteiger partial charge is 0.246 e. The molecule has 0 aromatic rings. The van der Waals surface area contributed by atoms with Crippen molar-refractivity contribution in [2.45, 2.75) is 50.7 Å². The maximum atomic E-state index is 2.56. The van der Waals surface area contributed by atoms with E-state index in [0.29, 0.717) is 0 Å². The Morgan fingerprint density at radius 1 is 1.29 bits per heavy atom. The van der Waals surface area contributed by atoms with Crippen molar-refractivity contribution in [1.29, 1.82) is 0 Å². The van der Waals surface area contributed by atoms with Gasteiger partial charge in [-0.05, 0) is 26.2 Å². The van der Waals surface area contributed by atoms with Crippen LogP contribution in [0.15, 0.2) is 11.6 Å². The van der Waals surface area contributed by atoms with Crippen LogP contribution in [0.25, 0.3) is 0 Å². The Kier molecular flexibility index (Phi) is 3.94. The average Bonchev–Trinajstić information content (AvgIpc) is 2.23. The first-order valence-electron chi connectivity index (χ1n) is 5.92. The van der Waals surface area contributed by atoms with Crippen LogP contribution in [0.1, 0.15) is 45.4 Å². The number of hydrogen-bond acceptors (Lipinski definition) is 2. The molecule has 1 nitrogen and oxygen atoms in total. The van der Waals surface area contributed by atoms with Gasteiger partial charge in [-0.15, -0.1) is 0 Å². The van der Waals surface area contributed by atoms with Crippen molar-refractivity contribution in [3.63, 3.8) is 0 Å². The van der Waals surface area contributed by atoms with Crippen molar-refractivity contribution in [2.24, 2.45) is 0 Å². The minimum atomic E-state index is 0.926. The lowest BCUT2D eigenvalue weighted by molar-refractivity contribution is 0.470. The third-order valence-corrected chi connectivity index (χ3v) is 4.65. The van der Waals surface area contributed by atoms with Crippen LogP contribution in [0, 0.1) is 0 Å². The van der Waals surface area contributed by atoms with Gasteiger partial charge in [0.1, 0.15) is 0 Å². The Morgan fingerprint density at radius 3 is 2.71 bits per heavy atom. The number of nitrogens with zero attached hydrogens (tertiary/aromatic N) is 1. The van der Waals surface area contributed by atoms with Crippen LogP contribution < -0.4 is 0 Å². The zero-order chi connectivity index (χ0) is 9.80. The molecular formula is C12H21NS. The molecule has 0 spiro atoms. The lowest BCUT2D eigenvalue weighted by Gasteiger charge is -2.30. The third kappa shape index (κ3) is 3.03. The Balaban J connectivity index is 1.74. The zero-order valence-electron chi connectivity index (χ0n) is 9.17. The summed E-state index contributed by atoms with van der Waals surface area (Å²) in [5, 5.41) is 0.926. The van der Waals surface area contributed by atoms with Crippen LogP contribution in [0.2, 0.25) is 0 Å². The lowest BCUT2D eigenvalue weighted by atomic mass is 10.0. The van der Waals surface area contributed by atoms with Crippen molar-refractivity contribution in [2.75, 3.05) is 13.1 Å². The number of hydrogen-bond donors (Lipinski definition) is 0. The Hall–Kier alpha value is 0.0500. The standard InChI is InChI=1S/C12H21NS/c1-11-7-9-13(10-8-11)14-12-5-3-2-4-6-12/h7,12H,2-6,8-10H2,1H3. The first kappa shape index (κ1) is 10.6.